The Labute approximate surface area is 103 Å². The van der Waals surface area contributed by atoms with E-state index in [2.05, 4.69) is 9.97 Å². The molecule has 0 radical (unpaired) electrons. The van der Waals surface area contributed by atoms with E-state index in [1.807, 2.05) is 6.07 Å². The van der Waals surface area contributed by atoms with Crippen LogP contribution in [0.3, 0.4) is 0 Å². The van der Waals surface area contributed by atoms with Gasteiger partial charge < -0.3 is 0 Å². The molecule has 86 valence electrons. The second-order valence-electron chi connectivity index (χ2n) is 4.22. The van der Waals surface area contributed by atoms with Crippen LogP contribution in [0.5, 0.6) is 0 Å². The molecule has 2 nitrogen and oxygen atoms in total. The molecule has 2 aromatic rings. The molecule has 1 aliphatic rings. The maximum absolute atomic E-state index is 13.1. The summed E-state index contributed by atoms with van der Waals surface area (Å²) in [7, 11) is 0. The summed E-state index contributed by atoms with van der Waals surface area (Å²) in [6.07, 6.45) is 2.23. The van der Waals surface area contributed by atoms with Gasteiger partial charge in [0.25, 0.3) is 0 Å². The molecule has 0 unspecified atom stereocenters. The molecular weight excluding hydrogens is 239 g/mol. The van der Waals surface area contributed by atoms with E-state index in [1.54, 1.807) is 12.1 Å². The second-order valence-corrected chi connectivity index (χ2v) is 4.61. The number of hydrogen-bond donors (Lipinski definition) is 0. The zero-order valence-corrected chi connectivity index (χ0v) is 9.78. The Morgan fingerprint density at radius 2 is 2.00 bits per heavy atom. The number of hydrogen-bond acceptors (Lipinski definition) is 2. The molecule has 1 fully saturated rings. The Balaban J connectivity index is 2.07. The first-order valence-electron chi connectivity index (χ1n) is 5.53. The Kier molecular flexibility index (Phi) is 2.56. The molecule has 3 rings (SSSR count). The zero-order valence-electron chi connectivity index (χ0n) is 9.03. The van der Waals surface area contributed by atoms with Crippen molar-refractivity contribution in [1.29, 1.82) is 0 Å². The Bertz CT molecular complexity index is 567. The van der Waals surface area contributed by atoms with Gasteiger partial charge in [-0.2, -0.15) is 0 Å². The Morgan fingerprint density at radius 1 is 1.18 bits per heavy atom. The third-order valence-electron chi connectivity index (χ3n) is 2.78. The summed E-state index contributed by atoms with van der Waals surface area (Å²) in [6, 6.07) is 8.02. The van der Waals surface area contributed by atoms with Crippen LogP contribution in [0, 0.1) is 5.82 Å². The lowest BCUT2D eigenvalue weighted by Gasteiger charge is -2.04. The fraction of sp³-hybridized carbons (Fsp3) is 0.231. The third kappa shape index (κ3) is 2.29. The lowest BCUT2D eigenvalue weighted by atomic mass is 10.1. The van der Waals surface area contributed by atoms with Crippen LogP contribution in [0.25, 0.3) is 11.3 Å². The molecule has 0 bridgehead atoms. The van der Waals surface area contributed by atoms with Gasteiger partial charge in [-0.15, -0.1) is 0 Å². The van der Waals surface area contributed by atoms with Crippen LogP contribution in [-0.4, -0.2) is 9.97 Å². The van der Waals surface area contributed by atoms with Crippen molar-refractivity contribution in [3.63, 3.8) is 0 Å². The monoisotopic (exact) mass is 248 g/mol. The van der Waals surface area contributed by atoms with E-state index in [0.29, 0.717) is 16.8 Å². The van der Waals surface area contributed by atoms with E-state index in [1.165, 1.54) is 12.1 Å². The summed E-state index contributed by atoms with van der Waals surface area (Å²) in [6.45, 7) is 0. The van der Waals surface area contributed by atoms with Crippen LogP contribution >= 0.6 is 11.6 Å². The van der Waals surface area contributed by atoms with Crippen molar-refractivity contribution < 1.29 is 4.39 Å². The van der Waals surface area contributed by atoms with Gasteiger partial charge in [-0.3, -0.25) is 0 Å². The van der Waals surface area contributed by atoms with Crippen LogP contribution in [-0.2, 0) is 0 Å². The van der Waals surface area contributed by atoms with Gasteiger partial charge in [-0.05, 0) is 25.0 Å². The van der Waals surface area contributed by atoms with Crippen molar-refractivity contribution in [3.8, 4) is 11.3 Å². The average Bonchev–Trinajstić information content (AvgIpc) is 3.12. The highest BCUT2D eigenvalue weighted by molar-refractivity contribution is 6.29. The van der Waals surface area contributed by atoms with Crippen molar-refractivity contribution in [2.45, 2.75) is 18.8 Å². The molecule has 0 saturated heterocycles. The van der Waals surface area contributed by atoms with Gasteiger partial charge in [-0.25, -0.2) is 14.4 Å². The van der Waals surface area contributed by atoms with Gasteiger partial charge in [0, 0.05) is 17.5 Å². The largest absolute Gasteiger partial charge is 0.232 e. The first-order chi connectivity index (χ1) is 8.22. The molecule has 0 atom stereocenters. The highest BCUT2D eigenvalue weighted by Gasteiger charge is 2.27. The molecule has 1 aromatic heterocycles. The summed E-state index contributed by atoms with van der Waals surface area (Å²) in [4.78, 5) is 8.65. The molecule has 1 heterocycles. The van der Waals surface area contributed by atoms with Crippen molar-refractivity contribution in [1.82, 2.24) is 9.97 Å². The molecule has 17 heavy (non-hydrogen) atoms. The first-order valence-corrected chi connectivity index (χ1v) is 5.90. The summed E-state index contributed by atoms with van der Waals surface area (Å²) < 4.78 is 13.1. The molecule has 0 N–H and O–H groups in total. The highest BCUT2D eigenvalue weighted by atomic mass is 35.5. The maximum atomic E-state index is 13.1. The van der Waals surface area contributed by atoms with Gasteiger partial charge in [0.05, 0.1) is 5.69 Å². The van der Waals surface area contributed by atoms with Crippen molar-refractivity contribution in [3.05, 3.63) is 47.1 Å². The minimum Gasteiger partial charge on any atom is -0.232 e. The predicted molar refractivity (Wildman–Crippen MR) is 64.4 cm³/mol. The van der Waals surface area contributed by atoms with E-state index >= 15 is 0 Å². The molecule has 1 saturated carbocycles. The van der Waals surface area contributed by atoms with E-state index in [-0.39, 0.29) is 5.82 Å². The lowest BCUT2D eigenvalue weighted by molar-refractivity contribution is 0.628. The molecule has 0 spiro atoms. The fourth-order valence-electron chi connectivity index (χ4n) is 1.76. The maximum Gasteiger partial charge on any atom is 0.133 e. The van der Waals surface area contributed by atoms with Crippen LogP contribution < -0.4 is 0 Å². The molecule has 0 amide bonds. The van der Waals surface area contributed by atoms with Gasteiger partial charge in [0.1, 0.15) is 16.8 Å². The standard InChI is InChI=1S/C13H10ClFN2/c14-12-7-11(9-2-1-3-10(15)6-9)16-13(17-12)8-4-5-8/h1-3,6-8H,4-5H2. The number of benzene rings is 1. The predicted octanol–water partition coefficient (Wildman–Crippen LogP) is 3.81. The number of nitrogens with zero attached hydrogens (tertiary/aromatic N) is 2. The summed E-state index contributed by atoms with van der Waals surface area (Å²) >= 11 is 5.97. The van der Waals surface area contributed by atoms with E-state index in [9.17, 15) is 4.39 Å². The quantitative estimate of drug-likeness (QED) is 0.755. The van der Waals surface area contributed by atoms with E-state index in [0.717, 1.165) is 24.2 Å². The second kappa shape index (κ2) is 4.08. The molecule has 4 heteroatoms. The third-order valence-corrected chi connectivity index (χ3v) is 2.97. The van der Waals surface area contributed by atoms with Crippen molar-refractivity contribution >= 4 is 11.6 Å². The van der Waals surface area contributed by atoms with Gasteiger partial charge in [0.15, 0.2) is 0 Å². The Morgan fingerprint density at radius 3 is 2.71 bits per heavy atom. The van der Waals surface area contributed by atoms with Crippen LogP contribution in [0.4, 0.5) is 4.39 Å². The zero-order chi connectivity index (χ0) is 11.8. The summed E-state index contributed by atoms with van der Waals surface area (Å²) in [5.74, 6) is 0.933. The number of halogens is 2. The molecule has 1 aromatic carbocycles. The molecule has 1 aliphatic carbocycles. The molecular formula is C13H10ClFN2. The molecule has 0 aliphatic heterocycles. The average molecular weight is 249 g/mol. The minimum atomic E-state index is -0.273. The van der Waals surface area contributed by atoms with Gasteiger partial charge in [-0.1, -0.05) is 23.7 Å². The summed E-state index contributed by atoms with van der Waals surface area (Å²) in [5, 5.41) is 0.418. The highest BCUT2D eigenvalue weighted by Crippen LogP contribution is 2.39. The number of rotatable bonds is 2. The smallest absolute Gasteiger partial charge is 0.133 e. The Hall–Kier alpha value is -1.48. The van der Waals surface area contributed by atoms with Crippen LogP contribution in [0.15, 0.2) is 30.3 Å². The lowest BCUT2D eigenvalue weighted by Crippen LogP contribution is -1.95. The summed E-state index contributed by atoms with van der Waals surface area (Å²) in [5.41, 5.74) is 1.42. The van der Waals surface area contributed by atoms with Gasteiger partial charge in [0.2, 0.25) is 0 Å². The van der Waals surface area contributed by atoms with Crippen LogP contribution in [0.2, 0.25) is 5.15 Å². The SMILES string of the molecule is Fc1cccc(-c2cc(Cl)nc(C3CC3)n2)c1. The number of aromatic nitrogens is 2. The van der Waals surface area contributed by atoms with Crippen molar-refractivity contribution in [2.24, 2.45) is 0 Å². The first kappa shape index (κ1) is 10.7. The minimum absolute atomic E-state index is 0.273. The normalized spacial score (nSPS) is 14.9. The van der Waals surface area contributed by atoms with Gasteiger partial charge >= 0.3 is 0 Å². The van der Waals surface area contributed by atoms with Crippen molar-refractivity contribution in [2.75, 3.05) is 0 Å². The van der Waals surface area contributed by atoms with E-state index in [4.69, 9.17) is 11.6 Å². The van der Waals surface area contributed by atoms with E-state index < -0.39 is 0 Å². The fourth-order valence-corrected chi connectivity index (χ4v) is 1.94. The van der Waals surface area contributed by atoms with Crippen LogP contribution in [0.1, 0.15) is 24.6 Å². The topological polar surface area (TPSA) is 25.8 Å².